The van der Waals surface area contributed by atoms with Gasteiger partial charge in [0.25, 0.3) is 0 Å². The summed E-state index contributed by atoms with van der Waals surface area (Å²) in [6, 6.07) is 2.38. The molecule has 1 fully saturated rings. The topological polar surface area (TPSA) is 55.1 Å². The van der Waals surface area contributed by atoms with Crippen molar-refractivity contribution in [2.24, 2.45) is 11.1 Å². The molecule has 2 aliphatic rings. The Kier molecular flexibility index (Phi) is 3.39. The molecule has 1 aromatic rings. The Labute approximate surface area is 118 Å². The van der Waals surface area contributed by atoms with Gasteiger partial charge in [0.1, 0.15) is 0 Å². The zero-order valence-electron chi connectivity index (χ0n) is 11.4. The van der Waals surface area contributed by atoms with Gasteiger partial charge in [-0.15, -0.1) is 11.3 Å². The van der Waals surface area contributed by atoms with Gasteiger partial charge in [-0.1, -0.05) is 6.42 Å². The molecule has 2 aliphatic carbocycles. The van der Waals surface area contributed by atoms with Crippen LogP contribution in [0.5, 0.6) is 0 Å². The van der Waals surface area contributed by atoms with Gasteiger partial charge in [0.15, 0.2) is 0 Å². The normalized spacial score (nSPS) is 34.0. The molecule has 3 unspecified atom stereocenters. The Morgan fingerprint density at radius 3 is 3.05 bits per heavy atom. The van der Waals surface area contributed by atoms with E-state index in [1.807, 2.05) is 18.3 Å². The SMILES string of the molecule is CC1(C(=O)NC2CCCc3sccc32)CCCC1N. The molecule has 3 nitrogen and oxygen atoms in total. The minimum atomic E-state index is -0.367. The van der Waals surface area contributed by atoms with Gasteiger partial charge >= 0.3 is 0 Å². The summed E-state index contributed by atoms with van der Waals surface area (Å²) in [4.78, 5) is 14.0. The number of nitrogens with one attached hydrogen (secondary N) is 1. The second-order valence-corrected chi connectivity index (χ2v) is 7.13. The third-order valence-electron chi connectivity index (χ3n) is 4.91. The summed E-state index contributed by atoms with van der Waals surface area (Å²) in [5.41, 5.74) is 7.10. The van der Waals surface area contributed by atoms with Crippen molar-refractivity contribution in [3.05, 3.63) is 21.9 Å². The number of carbonyl (C=O) groups excluding carboxylic acids is 1. The van der Waals surface area contributed by atoms with E-state index >= 15 is 0 Å². The monoisotopic (exact) mass is 278 g/mol. The van der Waals surface area contributed by atoms with Crippen molar-refractivity contribution in [2.75, 3.05) is 0 Å². The van der Waals surface area contributed by atoms with E-state index in [2.05, 4.69) is 16.8 Å². The molecule has 0 aromatic carbocycles. The summed E-state index contributed by atoms with van der Waals surface area (Å²) in [5, 5.41) is 5.40. The molecule has 0 spiro atoms. The highest BCUT2D eigenvalue weighted by Gasteiger charge is 2.43. The first-order valence-electron chi connectivity index (χ1n) is 7.24. The first-order valence-corrected chi connectivity index (χ1v) is 8.12. The molecule has 1 amide bonds. The molecule has 104 valence electrons. The number of amides is 1. The molecule has 4 heteroatoms. The summed E-state index contributed by atoms with van der Waals surface area (Å²) in [6.45, 7) is 2.03. The molecule has 19 heavy (non-hydrogen) atoms. The van der Waals surface area contributed by atoms with Gasteiger partial charge in [0, 0.05) is 10.9 Å². The fourth-order valence-electron chi connectivity index (χ4n) is 3.43. The molecule has 1 heterocycles. The zero-order chi connectivity index (χ0) is 13.5. The van der Waals surface area contributed by atoms with E-state index in [1.165, 1.54) is 16.9 Å². The predicted molar refractivity (Wildman–Crippen MR) is 78.1 cm³/mol. The van der Waals surface area contributed by atoms with Crippen molar-refractivity contribution in [1.82, 2.24) is 5.32 Å². The molecule has 1 saturated carbocycles. The molecular weight excluding hydrogens is 256 g/mol. The second kappa shape index (κ2) is 4.91. The van der Waals surface area contributed by atoms with Gasteiger partial charge in [0.2, 0.25) is 5.91 Å². The number of fused-ring (bicyclic) bond motifs is 1. The van der Waals surface area contributed by atoms with Crippen molar-refractivity contribution >= 4 is 17.2 Å². The van der Waals surface area contributed by atoms with Gasteiger partial charge in [0.05, 0.1) is 11.5 Å². The van der Waals surface area contributed by atoms with Crippen LogP contribution in [-0.2, 0) is 11.2 Å². The highest BCUT2D eigenvalue weighted by atomic mass is 32.1. The highest BCUT2D eigenvalue weighted by molar-refractivity contribution is 7.10. The smallest absolute Gasteiger partial charge is 0.227 e. The standard InChI is InChI=1S/C15H22N2OS/c1-15(8-3-6-13(15)16)14(18)17-11-4-2-5-12-10(11)7-9-19-12/h7,9,11,13H,2-6,8,16H2,1H3,(H,17,18). The van der Waals surface area contributed by atoms with E-state index in [9.17, 15) is 4.79 Å². The van der Waals surface area contributed by atoms with Gasteiger partial charge in [-0.25, -0.2) is 0 Å². The number of rotatable bonds is 2. The van der Waals surface area contributed by atoms with Crippen molar-refractivity contribution in [1.29, 1.82) is 0 Å². The molecule has 3 N–H and O–H groups in total. The predicted octanol–water partition coefficient (Wildman–Crippen LogP) is 2.76. The van der Waals surface area contributed by atoms with Crippen LogP contribution in [0.2, 0.25) is 0 Å². The lowest BCUT2D eigenvalue weighted by molar-refractivity contribution is -0.131. The molecule has 0 radical (unpaired) electrons. The number of hydrogen-bond donors (Lipinski definition) is 2. The Morgan fingerprint density at radius 1 is 1.47 bits per heavy atom. The highest BCUT2D eigenvalue weighted by Crippen LogP contribution is 2.39. The fraction of sp³-hybridized carbons (Fsp3) is 0.667. The van der Waals surface area contributed by atoms with Gasteiger partial charge < -0.3 is 11.1 Å². The van der Waals surface area contributed by atoms with E-state index < -0.39 is 0 Å². The van der Waals surface area contributed by atoms with Gasteiger partial charge in [-0.3, -0.25) is 4.79 Å². The zero-order valence-corrected chi connectivity index (χ0v) is 12.3. The molecular formula is C15H22N2OS. The van der Waals surface area contributed by atoms with Crippen molar-refractivity contribution < 1.29 is 4.79 Å². The quantitative estimate of drug-likeness (QED) is 0.874. The maximum absolute atomic E-state index is 12.6. The van der Waals surface area contributed by atoms with E-state index in [0.29, 0.717) is 0 Å². The van der Waals surface area contributed by atoms with Crippen LogP contribution in [-0.4, -0.2) is 11.9 Å². The number of nitrogens with two attached hydrogens (primary N) is 1. The number of carbonyl (C=O) groups is 1. The largest absolute Gasteiger partial charge is 0.349 e. The Hall–Kier alpha value is -0.870. The maximum Gasteiger partial charge on any atom is 0.227 e. The fourth-order valence-corrected chi connectivity index (χ4v) is 4.42. The van der Waals surface area contributed by atoms with Crippen molar-refractivity contribution in [2.45, 2.75) is 57.5 Å². The summed E-state index contributed by atoms with van der Waals surface area (Å²) >= 11 is 1.81. The van der Waals surface area contributed by atoms with Crippen LogP contribution in [0.1, 0.15) is 55.5 Å². The van der Waals surface area contributed by atoms with Crippen LogP contribution in [0.25, 0.3) is 0 Å². The summed E-state index contributed by atoms with van der Waals surface area (Å²) < 4.78 is 0. The van der Waals surface area contributed by atoms with Crippen LogP contribution < -0.4 is 11.1 Å². The average molecular weight is 278 g/mol. The lowest BCUT2D eigenvalue weighted by Gasteiger charge is -2.32. The van der Waals surface area contributed by atoms with E-state index in [4.69, 9.17) is 5.73 Å². The molecule has 0 saturated heterocycles. The Morgan fingerprint density at radius 2 is 2.32 bits per heavy atom. The van der Waals surface area contributed by atoms with E-state index in [1.54, 1.807) is 0 Å². The molecule has 3 rings (SSSR count). The Balaban J connectivity index is 1.75. The van der Waals surface area contributed by atoms with Crippen molar-refractivity contribution in [3.63, 3.8) is 0 Å². The van der Waals surface area contributed by atoms with Gasteiger partial charge in [-0.2, -0.15) is 0 Å². The third-order valence-corrected chi connectivity index (χ3v) is 5.90. The van der Waals surface area contributed by atoms with Crippen LogP contribution in [0.15, 0.2) is 11.4 Å². The number of thiophene rings is 1. The van der Waals surface area contributed by atoms with Crippen LogP contribution >= 0.6 is 11.3 Å². The minimum Gasteiger partial charge on any atom is -0.349 e. The molecule has 1 aromatic heterocycles. The van der Waals surface area contributed by atoms with Crippen LogP contribution in [0.4, 0.5) is 0 Å². The van der Waals surface area contributed by atoms with Crippen LogP contribution in [0, 0.1) is 5.41 Å². The van der Waals surface area contributed by atoms with E-state index in [-0.39, 0.29) is 23.4 Å². The minimum absolute atomic E-state index is 0.0121. The third kappa shape index (κ3) is 2.21. The molecule has 0 bridgehead atoms. The van der Waals surface area contributed by atoms with Crippen molar-refractivity contribution in [3.8, 4) is 0 Å². The Bertz CT molecular complexity index is 484. The first kappa shape index (κ1) is 13.1. The first-order chi connectivity index (χ1) is 9.11. The summed E-state index contributed by atoms with van der Waals surface area (Å²) in [7, 11) is 0. The second-order valence-electron chi connectivity index (χ2n) is 6.13. The van der Waals surface area contributed by atoms with Gasteiger partial charge in [-0.05, 0) is 56.0 Å². The number of aryl methyl sites for hydroxylation is 1. The average Bonchev–Trinajstić information content (AvgIpc) is 2.99. The lowest BCUT2D eigenvalue weighted by Crippen LogP contribution is -2.48. The summed E-state index contributed by atoms with van der Waals surface area (Å²) in [5.74, 6) is 0.154. The van der Waals surface area contributed by atoms with E-state index in [0.717, 1.165) is 32.1 Å². The molecule has 0 aliphatic heterocycles. The molecule has 3 atom stereocenters. The summed E-state index contributed by atoms with van der Waals surface area (Å²) in [6.07, 6.45) is 6.35. The number of hydrogen-bond acceptors (Lipinski definition) is 3. The van der Waals surface area contributed by atoms with Crippen LogP contribution in [0.3, 0.4) is 0 Å². The lowest BCUT2D eigenvalue weighted by atomic mass is 9.83. The maximum atomic E-state index is 12.6.